The summed E-state index contributed by atoms with van der Waals surface area (Å²) in [6.07, 6.45) is 10.4. The molecule has 0 spiro atoms. The number of sulfonamides is 1. The smallest absolute Gasteiger partial charge is 0.214 e. The molecule has 3 aliphatic carbocycles. The van der Waals surface area contributed by atoms with Crippen molar-refractivity contribution in [2.75, 3.05) is 13.2 Å². The van der Waals surface area contributed by atoms with Crippen molar-refractivity contribution in [1.29, 1.82) is 0 Å². The van der Waals surface area contributed by atoms with Crippen molar-refractivity contribution >= 4 is 10.0 Å². The number of fused-ring (bicyclic) bond motifs is 4. The second kappa shape index (κ2) is 8.79. The highest BCUT2D eigenvalue weighted by atomic mass is 32.2. The van der Waals surface area contributed by atoms with Crippen LogP contribution in [0, 0.1) is 11.8 Å². The van der Waals surface area contributed by atoms with Gasteiger partial charge in [-0.25, -0.2) is 13.1 Å². The van der Waals surface area contributed by atoms with E-state index in [0.717, 1.165) is 70.0 Å². The second-order valence-electron chi connectivity index (χ2n) is 9.83. The summed E-state index contributed by atoms with van der Waals surface area (Å²) in [5, 5.41) is -0.191. The Labute approximate surface area is 181 Å². The molecule has 1 aromatic rings. The van der Waals surface area contributed by atoms with E-state index in [1.807, 2.05) is 0 Å². The van der Waals surface area contributed by atoms with Gasteiger partial charge in [0, 0.05) is 12.0 Å². The molecule has 3 atom stereocenters. The molecule has 2 aliphatic heterocycles. The summed E-state index contributed by atoms with van der Waals surface area (Å²) in [5.41, 5.74) is 1.34. The van der Waals surface area contributed by atoms with Gasteiger partial charge in [0.1, 0.15) is 5.75 Å². The van der Waals surface area contributed by atoms with Crippen LogP contribution < -0.4 is 9.46 Å². The van der Waals surface area contributed by atoms with Crippen molar-refractivity contribution < 1.29 is 17.9 Å². The third-order valence-corrected chi connectivity index (χ3v) is 10.0. The van der Waals surface area contributed by atoms with Gasteiger partial charge in [0.05, 0.1) is 24.6 Å². The standard InChI is InChI=1S/C24H35NO4S/c26-30(27,20-6-4-7-20)25-23-9-3-5-18-15-29-24-10-2-1-8-21(24)17-11-13-19(14-12-17)28-16-22(18)23/h1-2,8,10,17-20,22-23,25H,3-7,9,11-16H2/t17?,18?,19?,22-,23+/m1/s1. The first-order valence-corrected chi connectivity index (χ1v) is 13.5. The van der Waals surface area contributed by atoms with Crippen LogP contribution >= 0.6 is 0 Å². The summed E-state index contributed by atoms with van der Waals surface area (Å²) in [4.78, 5) is 0. The van der Waals surface area contributed by atoms with Gasteiger partial charge >= 0.3 is 0 Å². The monoisotopic (exact) mass is 433 g/mol. The third kappa shape index (κ3) is 4.28. The highest BCUT2D eigenvalue weighted by molar-refractivity contribution is 7.90. The van der Waals surface area contributed by atoms with Gasteiger partial charge in [-0.05, 0) is 74.8 Å². The molecule has 0 radical (unpaired) electrons. The van der Waals surface area contributed by atoms with Crippen molar-refractivity contribution in [2.45, 2.75) is 87.5 Å². The van der Waals surface area contributed by atoms with E-state index in [9.17, 15) is 8.42 Å². The average Bonchev–Trinajstić information content (AvgIpc) is 2.69. The number of rotatable bonds is 3. The largest absolute Gasteiger partial charge is 0.493 e. The van der Waals surface area contributed by atoms with E-state index in [0.29, 0.717) is 31.2 Å². The lowest BCUT2D eigenvalue weighted by Crippen LogP contribution is -2.52. The number of benzene rings is 1. The molecule has 0 amide bonds. The molecular weight excluding hydrogens is 398 g/mol. The van der Waals surface area contributed by atoms with Crippen LogP contribution in [-0.2, 0) is 14.8 Å². The number of para-hydroxylation sites is 1. The Hall–Kier alpha value is -1.11. The molecule has 0 aromatic heterocycles. The lowest BCUT2D eigenvalue weighted by Gasteiger charge is -2.41. The molecule has 5 aliphatic rings. The first kappa shape index (κ1) is 20.8. The fourth-order valence-electron chi connectivity index (χ4n) is 5.88. The lowest BCUT2D eigenvalue weighted by molar-refractivity contribution is -0.0298. The van der Waals surface area contributed by atoms with Crippen molar-refractivity contribution in [2.24, 2.45) is 11.8 Å². The highest BCUT2D eigenvalue weighted by Crippen LogP contribution is 2.41. The quantitative estimate of drug-likeness (QED) is 0.768. The van der Waals surface area contributed by atoms with E-state index in [4.69, 9.17) is 9.47 Å². The average molecular weight is 434 g/mol. The van der Waals surface area contributed by atoms with Crippen LogP contribution in [0.2, 0.25) is 0 Å². The number of ether oxygens (including phenoxy) is 2. The summed E-state index contributed by atoms with van der Waals surface area (Å²) < 4.78 is 41.6. The van der Waals surface area contributed by atoms with Gasteiger partial charge in [-0.2, -0.15) is 0 Å². The summed E-state index contributed by atoms with van der Waals surface area (Å²) in [5.74, 6) is 2.08. The molecular formula is C24H35NO4S. The van der Waals surface area contributed by atoms with Gasteiger partial charge in [-0.1, -0.05) is 31.0 Å². The topological polar surface area (TPSA) is 64.6 Å². The normalized spacial score (nSPS) is 35.1. The Balaban J connectivity index is 1.38. The predicted octanol–water partition coefficient (Wildman–Crippen LogP) is 4.38. The minimum atomic E-state index is -3.23. The molecule has 1 aromatic carbocycles. The molecule has 1 unspecified atom stereocenters. The van der Waals surface area contributed by atoms with E-state index in [1.165, 1.54) is 5.56 Å². The van der Waals surface area contributed by atoms with Crippen LogP contribution in [0.4, 0.5) is 0 Å². The first-order valence-electron chi connectivity index (χ1n) is 11.9. The second-order valence-corrected chi connectivity index (χ2v) is 11.8. The van der Waals surface area contributed by atoms with E-state index < -0.39 is 10.0 Å². The zero-order valence-corrected chi connectivity index (χ0v) is 18.6. The Morgan fingerprint density at radius 2 is 1.63 bits per heavy atom. The SMILES string of the molecule is O=S(=O)(N[C@H]1CCCC2COc3ccccc3C3CCC(CC3)OC[C@H]21)C1CCC1. The summed E-state index contributed by atoms with van der Waals surface area (Å²) >= 11 is 0. The molecule has 6 heteroatoms. The van der Waals surface area contributed by atoms with Crippen LogP contribution in [0.25, 0.3) is 0 Å². The maximum absolute atomic E-state index is 12.8. The van der Waals surface area contributed by atoms with Crippen molar-refractivity contribution in [1.82, 2.24) is 4.72 Å². The molecule has 5 nitrogen and oxygen atoms in total. The molecule has 0 saturated heterocycles. The Morgan fingerprint density at radius 1 is 0.867 bits per heavy atom. The van der Waals surface area contributed by atoms with Crippen molar-refractivity contribution in [3.05, 3.63) is 29.8 Å². The van der Waals surface area contributed by atoms with Crippen LogP contribution in [0.3, 0.4) is 0 Å². The molecule has 6 rings (SSSR count). The Morgan fingerprint density at radius 3 is 2.40 bits per heavy atom. The van der Waals surface area contributed by atoms with Crippen molar-refractivity contribution in [3.8, 4) is 5.75 Å². The maximum atomic E-state index is 12.8. The fraction of sp³-hybridized carbons (Fsp3) is 0.750. The minimum absolute atomic E-state index is 0.0347. The zero-order valence-electron chi connectivity index (χ0n) is 17.8. The molecule has 2 heterocycles. The van der Waals surface area contributed by atoms with Crippen molar-refractivity contribution in [3.63, 3.8) is 0 Å². The van der Waals surface area contributed by atoms with Gasteiger partial charge in [0.25, 0.3) is 0 Å². The number of hydrogen-bond donors (Lipinski definition) is 1. The predicted molar refractivity (Wildman–Crippen MR) is 117 cm³/mol. The summed E-state index contributed by atoms with van der Waals surface area (Å²) in [7, 11) is -3.23. The summed E-state index contributed by atoms with van der Waals surface area (Å²) in [6, 6.07) is 8.48. The van der Waals surface area contributed by atoms with Gasteiger partial charge in [0.15, 0.2) is 0 Å². The lowest BCUT2D eigenvalue weighted by atomic mass is 9.76. The van der Waals surface area contributed by atoms with E-state index in [-0.39, 0.29) is 17.2 Å². The maximum Gasteiger partial charge on any atom is 0.214 e. The molecule has 3 fully saturated rings. The molecule has 1 N–H and O–H groups in total. The highest BCUT2D eigenvalue weighted by Gasteiger charge is 2.40. The van der Waals surface area contributed by atoms with E-state index in [1.54, 1.807) is 0 Å². The zero-order chi connectivity index (χ0) is 20.6. The van der Waals surface area contributed by atoms with Crippen LogP contribution in [0.5, 0.6) is 5.75 Å². The van der Waals surface area contributed by atoms with E-state index in [2.05, 4.69) is 29.0 Å². The molecule has 166 valence electrons. The Kier molecular flexibility index (Phi) is 6.09. The van der Waals surface area contributed by atoms with Gasteiger partial charge in [0.2, 0.25) is 10.0 Å². The van der Waals surface area contributed by atoms with Gasteiger partial charge in [-0.3, -0.25) is 0 Å². The van der Waals surface area contributed by atoms with Crippen LogP contribution in [-0.4, -0.2) is 39.0 Å². The fourth-order valence-corrected chi connectivity index (χ4v) is 7.75. The summed E-state index contributed by atoms with van der Waals surface area (Å²) in [6.45, 7) is 1.28. The van der Waals surface area contributed by atoms with Crippen LogP contribution in [0.1, 0.15) is 75.7 Å². The van der Waals surface area contributed by atoms with Gasteiger partial charge < -0.3 is 9.47 Å². The first-order chi connectivity index (χ1) is 14.6. The molecule has 3 saturated carbocycles. The van der Waals surface area contributed by atoms with E-state index >= 15 is 0 Å². The molecule has 30 heavy (non-hydrogen) atoms. The Bertz CT molecular complexity index is 829. The molecule has 2 bridgehead atoms. The number of nitrogens with one attached hydrogen (secondary N) is 1. The number of hydrogen-bond acceptors (Lipinski definition) is 4. The minimum Gasteiger partial charge on any atom is -0.493 e. The van der Waals surface area contributed by atoms with Gasteiger partial charge in [-0.15, -0.1) is 0 Å². The van der Waals surface area contributed by atoms with Crippen LogP contribution in [0.15, 0.2) is 24.3 Å². The third-order valence-electron chi connectivity index (χ3n) is 8.03.